The molecule has 6 heteroatoms. The van der Waals surface area contributed by atoms with E-state index in [1.807, 2.05) is 37.3 Å². The number of rotatable bonds is 5. The lowest BCUT2D eigenvalue weighted by Crippen LogP contribution is -2.30. The van der Waals surface area contributed by atoms with E-state index < -0.39 is 0 Å². The molecular formula is C23H24N4OS. The molecule has 0 bridgehead atoms. The molecule has 0 radical (unpaired) electrons. The number of thioether (sulfide) groups is 1. The number of hydrogen-bond acceptors (Lipinski definition) is 4. The summed E-state index contributed by atoms with van der Waals surface area (Å²) in [4.78, 5) is 12.6. The van der Waals surface area contributed by atoms with Gasteiger partial charge in [0.05, 0.1) is 10.8 Å². The molecule has 29 heavy (non-hydrogen) atoms. The molecule has 4 aromatic rings. The Morgan fingerprint density at radius 2 is 1.83 bits per heavy atom. The van der Waals surface area contributed by atoms with Crippen LogP contribution in [0.1, 0.15) is 29.2 Å². The first kappa shape index (κ1) is 19.5. The molecule has 2 heterocycles. The van der Waals surface area contributed by atoms with Gasteiger partial charge in [-0.05, 0) is 56.5 Å². The van der Waals surface area contributed by atoms with Crippen molar-refractivity contribution in [1.29, 1.82) is 0 Å². The van der Waals surface area contributed by atoms with Gasteiger partial charge >= 0.3 is 0 Å². The first-order chi connectivity index (χ1) is 13.9. The van der Waals surface area contributed by atoms with Gasteiger partial charge in [0.2, 0.25) is 5.91 Å². The molecule has 0 aliphatic heterocycles. The Kier molecular flexibility index (Phi) is 5.28. The molecule has 0 fully saturated rings. The van der Waals surface area contributed by atoms with Crippen molar-refractivity contribution in [1.82, 2.24) is 19.9 Å². The van der Waals surface area contributed by atoms with E-state index in [1.165, 1.54) is 33.8 Å². The summed E-state index contributed by atoms with van der Waals surface area (Å²) in [7, 11) is 0. The normalized spacial score (nSPS) is 12.4. The van der Waals surface area contributed by atoms with E-state index in [4.69, 9.17) is 0 Å². The molecular weight excluding hydrogens is 380 g/mol. The molecule has 5 nitrogen and oxygen atoms in total. The number of nitrogens with one attached hydrogen (secondary N) is 1. The summed E-state index contributed by atoms with van der Waals surface area (Å²) in [5, 5.41) is 13.4. The van der Waals surface area contributed by atoms with Crippen molar-refractivity contribution < 1.29 is 4.79 Å². The molecule has 148 valence electrons. The number of aryl methyl sites for hydroxylation is 3. The van der Waals surface area contributed by atoms with E-state index in [0.29, 0.717) is 6.54 Å². The predicted molar refractivity (Wildman–Crippen MR) is 118 cm³/mol. The third kappa shape index (κ3) is 3.85. The van der Waals surface area contributed by atoms with E-state index >= 15 is 0 Å². The van der Waals surface area contributed by atoms with Gasteiger partial charge in [0.15, 0.2) is 10.8 Å². The molecule has 0 spiro atoms. The van der Waals surface area contributed by atoms with Crippen molar-refractivity contribution in [3.63, 3.8) is 0 Å². The van der Waals surface area contributed by atoms with Gasteiger partial charge in [-0.15, -0.1) is 10.2 Å². The van der Waals surface area contributed by atoms with Gasteiger partial charge in [-0.3, -0.25) is 9.20 Å². The van der Waals surface area contributed by atoms with Crippen LogP contribution in [0.4, 0.5) is 0 Å². The van der Waals surface area contributed by atoms with Gasteiger partial charge < -0.3 is 5.32 Å². The fourth-order valence-electron chi connectivity index (χ4n) is 3.63. The van der Waals surface area contributed by atoms with Crippen molar-refractivity contribution in [2.24, 2.45) is 0 Å². The number of hydrogen-bond donors (Lipinski definition) is 1. The molecule has 0 saturated carbocycles. The van der Waals surface area contributed by atoms with Crippen LogP contribution in [0.5, 0.6) is 0 Å². The topological polar surface area (TPSA) is 59.3 Å². The van der Waals surface area contributed by atoms with Crippen LogP contribution in [0.15, 0.2) is 53.7 Å². The molecule has 0 aliphatic carbocycles. The number of aromatic nitrogens is 3. The van der Waals surface area contributed by atoms with Gasteiger partial charge in [-0.2, -0.15) is 0 Å². The highest BCUT2D eigenvalue weighted by molar-refractivity contribution is 8.00. The second-order valence-electron chi connectivity index (χ2n) is 7.45. The summed E-state index contributed by atoms with van der Waals surface area (Å²) >= 11 is 1.43. The highest BCUT2D eigenvalue weighted by atomic mass is 32.2. The molecule has 1 atom stereocenters. The highest BCUT2D eigenvalue weighted by Gasteiger charge is 2.20. The summed E-state index contributed by atoms with van der Waals surface area (Å²) in [6.07, 6.45) is 0. The number of nitrogens with zero attached hydrogens (tertiary/aromatic N) is 3. The second kappa shape index (κ2) is 7.87. The zero-order valence-corrected chi connectivity index (χ0v) is 17.9. The largest absolute Gasteiger partial charge is 0.351 e. The Balaban J connectivity index is 1.62. The lowest BCUT2D eigenvalue weighted by Gasteiger charge is -2.14. The fourth-order valence-corrected chi connectivity index (χ4v) is 4.52. The summed E-state index contributed by atoms with van der Waals surface area (Å²) in [5.41, 5.74) is 6.58. The molecule has 0 aliphatic rings. The van der Waals surface area contributed by atoms with E-state index in [1.54, 1.807) is 0 Å². The van der Waals surface area contributed by atoms with Crippen LogP contribution in [-0.4, -0.2) is 25.8 Å². The van der Waals surface area contributed by atoms with Gasteiger partial charge in [-0.25, -0.2) is 0 Å². The average molecular weight is 405 g/mol. The lowest BCUT2D eigenvalue weighted by molar-refractivity contribution is -0.120. The maximum Gasteiger partial charge on any atom is 0.233 e. The van der Waals surface area contributed by atoms with Crippen molar-refractivity contribution in [2.45, 2.75) is 44.6 Å². The monoisotopic (exact) mass is 404 g/mol. The number of fused-ring (bicyclic) bond motifs is 3. The quantitative estimate of drug-likeness (QED) is 0.494. The van der Waals surface area contributed by atoms with Gasteiger partial charge in [0.25, 0.3) is 0 Å². The fraction of sp³-hybridized carbons (Fsp3) is 0.261. The first-order valence-electron chi connectivity index (χ1n) is 9.68. The Hall–Kier alpha value is -2.86. The van der Waals surface area contributed by atoms with E-state index in [0.717, 1.165) is 21.9 Å². The maximum atomic E-state index is 12.6. The standard InChI is InChI=1S/C23H24N4OS/c1-14-10-16(3)21-19(11-14)15(2)12-20-25-26-23(27(20)21)29-17(4)22(28)24-13-18-8-6-5-7-9-18/h5-12,17H,13H2,1-4H3,(H,24,28). The van der Waals surface area contributed by atoms with E-state index in [2.05, 4.69) is 58.9 Å². The Labute approximate surface area is 174 Å². The van der Waals surface area contributed by atoms with Crippen molar-refractivity contribution >= 4 is 34.2 Å². The molecule has 1 amide bonds. The van der Waals surface area contributed by atoms with Crippen molar-refractivity contribution in [3.05, 3.63) is 70.8 Å². The van der Waals surface area contributed by atoms with Crippen LogP contribution in [0, 0.1) is 20.8 Å². The van der Waals surface area contributed by atoms with Gasteiger partial charge in [-0.1, -0.05) is 53.7 Å². The van der Waals surface area contributed by atoms with Crippen molar-refractivity contribution in [3.8, 4) is 0 Å². The number of carbonyl (C=O) groups excluding carboxylic acids is 1. The predicted octanol–water partition coefficient (Wildman–Crippen LogP) is 4.60. The molecule has 4 rings (SSSR count). The number of amides is 1. The van der Waals surface area contributed by atoms with Crippen LogP contribution >= 0.6 is 11.8 Å². The minimum Gasteiger partial charge on any atom is -0.351 e. The minimum absolute atomic E-state index is 0.0143. The molecule has 1 unspecified atom stereocenters. The minimum atomic E-state index is -0.284. The first-order valence-corrected chi connectivity index (χ1v) is 10.6. The Bertz CT molecular complexity index is 1200. The molecule has 2 aromatic carbocycles. The summed E-state index contributed by atoms with van der Waals surface area (Å²) in [5.74, 6) is -0.0143. The summed E-state index contributed by atoms with van der Waals surface area (Å²) in [6, 6.07) is 16.3. The van der Waals surface area contributed by atoms with Crippen LogP contribution in [0.2, 0.25) is 0 Å². The number of pyridine rings is 1. The second-order valence-corrected chi connectivity index (χ2v) is 8.75. The van der Waals surface area contributed by atoms with Crippen LogP contribution < -0.4 is 5.32 Å². The number of carbonyl (C=O) groups is 1. The van der Waals surface area contributed by atoms with E-state index in [-0.39, 0.29) is 11.2 Å². The van der Waals surface area contributed by atoms with Gasteiger partial charge in [0.1, 0.15) is 0 Å². The van der Waals surface area contributed by atoms with Crippen LogP contribution in [0.3, 0.4) is 0 Å². The van der Waals surface area contributed by atoms with E-state index in [9.17, 15) is 4.79 Å². The lowest BCUT2D eigenvalue weighted by atomic mass is 10.0. The molecule has 2 aromatic heterocycles. The van der Waals surface area contributed by atoms with Crippen molar-refractivity contribution in [2.75, 3.05) is 0 Å². The zero-order chi connectivity index (χ0) is 20.5. The number of benzene rings is 2. The maximum absolute atomic E-state index is 12.6. The smallest absolute Gasteiger partial charge is 0.233 e. The highest BCUT2D eigenvalue weighted by Crippen LogP contribution is 2.30. The summed E-state index contributed by atoms with van der Waals surface area (Å²) < 4.78 is 2.07. The third-order valence-corrected chi connectivity index (χ3v) is 6.10. The molecule has 1 N–H and O–H groups in total. The molecule has 0 saturated heterocycles. The van der Waals surface area contributed by atoms with Gasteiger partial charge in [0, 0.05) is 11.9 Å². The zero-order valence-electron chi connectivity index (χ0n) is 17.1. The van der Waals surface area contributed by atoms with Crippen LogP contribution in [-0.2, 0) is 11.3 Å². The average Bonchev–Trinajstić information content (AvgIpc) is 3.09. The Morgan fingerprint density at radius 3 is 2.59 bits per heavy atom. The van der Waals surface area contributed by atoms with Crippen LogP contribution in [0.25, 0.3) is 16.6 Å². The SMILES string of the molecule is Cc1cc(C)c2c(c1)c(C)cc1nnc(SC(C)C(=O)NCc3ccccc3)n12. The summed E-state index contributed by atoms with van der Waals surface area (Å²) in [6.45, 7) is 8.74. The third-order valence-electron chi connectivity index (χ3n) is 5.06. The Morgan fingerprint density at radius 1 is 1.07 bits per heavy atom.